The molecule has 0 atom stereocenters. The molecule has 0 aliphatic carbocycles. The van der Waals surface area contributed by atoms with Crippen molar-refractivity contribution in [3.05, 3.63) is 188 Å². The zero-order valence-corrected chi connectivity index (χ0v) is 27.7. The van der Waals surface area contributed by atoms with Crippen molar-refractivity contribution in [2.24, 2.45) is 0 Å². The normalized spacial score (nSPS) is 11.5. The fourth-order valence-electron chi connectivity index (χ4n) is 7.49. The Kier molecular flexibility index (Phi) is 6.81. The van der Waals surface area contributed by atoms with Crippen LogP contribution in [-0.4, -0.2) is 0 Å². The Labute approximate surface area is 295 Å². The van der Waals surface area contributed by atoms with E-state index in [1.807, 2.05) is 24.3 Å². The Morgan fingerprint density at radius 2 is 0.902 bits per heavy atom. The number of fused-ring (bicyclic) bond motifs is 6. The summed E-state index contributed by atoms with van der Waals surface area (Å²) in [5.41, 5.74) is 13.8. The van der Waals surface area contributed by atoms with Crippen LogP contribution in [0.3, 0.4) is 0 Å². The third-order valence-electron chi connectivity index (χ3n) is 9.88. The molecule has 0 amide bonds. The number of para-hydroxylation sites is 2. The SMILES string of the molecule is c1ccc(-c2ccccc2-c2cccc(N(c3ccc(-c4ccc5oc6ccccc6c5c4)cc3)c3cccc4oc5ccccc5c34)c2)cc1. The third kappa shape index (κ3) is 4.98. The van der Waals surface area contributed by atoms with Gasteiger partial charge in [0.15, 0.2) is 0 Å². The second-order valence-electron chi connectivity index (χ2n) is 12.9. The van der Waals surface area contributed by atoms with Crippen LogP contribution in [0, 0.1) is 0 Å². The zero-order chi connectivity index (χ0) is 33.7. The van der Waals surface area contributed by atoms with Gasteiger partial charge in [0.05, 0.1) is 11.1 Å². The molecule has 51 heavy (non-hydrogen) atoms. The molecule has 0 fully saturated rings. The summed E-state index contributed by atoms with van der Waals surface area (Å²) in [6.45, 7) is 0. The van der Waals surface area contributed by atoms with Gasteiger partial charge in [0, 0.05) is 27.5 Å². The third-order valence-corrected chi connectivity index (χ3v) is 9.88. The molecule has 8 aromatic carbocycles. The second-order valence-corrected chi connectivity index (χ2v) is 12.9. The van der Waals surface area contributed by atoms with E-state index in [0.29, 0.717) is 0 Å². The fraction of sp³-hybridized carbons (Fsp3) is 0. The summed E-state index contributed by atoms with van der Waals surface area (Å²) in [5, 5.41) is 4.44. The molecule has 10 aromatic rings. The quantitative estimate of drug-likeness (QED) is 0.179. The van der Waals surface area contributed by atoms with Crippen molar-refractivity contribution in [3.8, 4) is 33.4 Å². The number of nitrogens with zero attached hydrogens (tertiary/aromatic N) is 1. The molecular weight excluding hydrogens is 623 g/mol. The summed E-state index contributed by atoms with van der Waals surface area (Å²) in [5.74, 6) is 0. The van der Waals surface area contributed by atoms with Crippen LogP contribution in [0.1, 0.15) is 0 Å². The Balaban J connectivity index is 1.14. The van der Waals surface area contributed by atoms with Crippen LogP contribution in [0.25, 0.3) is 77.3 Å². The van der Waals surface area contributed by atoms with Gasteiger partial charge in [-0.05, 0) is 94.0 Å². The Hall–Kier alpha value is -6.84. The first-order chi connectivity index (χ1) is 25.3. The number of benzene rings is 8. The van der Waals surface area contributed by atoms with Crippen LogP contribution in [0.2, 0.25) is 0 Å². The van der Waals surface area contributed by atoms with Crippen molar-refractivity contribution in [1.29, 1.82) is 0 Å². The maximum absolute atomic E-state index is 6.37. The lowest BCUT2D eigenvalue weighted by molar-refractivity contribution is 0.668. The lowest BCUT2D eigenvalue weighted by Crippen LogP contribution is -2.10. The van der Waals surface area contributed by atoms with Gasteiger partial charge in [0.1, 0.15) is 22.3 Å². The molecule has 0 N–H and O–H groups in total. The van der Waals surface area contributed by atoms with Crippen LogP contribution in [0.4, 0.5) is 17.1 Å². The van der Waals surface area contributed by atoms with Gasteiger partial charge in [-0.3, -0.25) is 0 Å². The van der Waals surface area contributed by atoms with E-state index in [2.05, 4.69) is 169 Å². The number of furan rings is 2. The van der Waals surface area contributed by atoms with E-state index >= 15 is 0 Å². The largest absolute Gasteiger partial charge is 0.456 e. The topological polar surface area (TPSA) is 29.5 Å². The van der Waals surface area contributed by atoms with Crippen LogP contribution >= 0.6 is 0 Å². The van der Waals surface area contributed by atoms with E-state index in [4.69, 9.17) is 8.83 Å². The first kappa shape index (κ1) is 29.1. The molecule has 0 spiro atoms. The van der Waals surface area contributed by atoms with Crippen molar-refractivity contribution in [1.82, 2.24) is 0 Å². The second kappa shape index (κ2) is 11.9. The first-order valence-corrected chi connectivity index (χ1v) is 17.3. The molecule has 0 saturated heterocycles. The number of hydrogen-bond acceptors (Lipinski definition) is 3. The Bertz CT molecular complexity index is 2860. The molecule has 240 valence electrons. The van der Waals surface area contributed by atoms with Crippen LogP contribution in [0.15, 0.2) is 197 Å². The monoisotopic (exact) mass is 653 g/mol. The highest BCUT2D eigenvalue weighted by atomic mass is 16.3. The van der Waals surface area contributed by atoms with Crippen LogP contribution < -0.4 is 4.90 Å². The van der Waals surface area contributed by atoms with Crippen molar-refractivity contribution in [2.75, 3.05) is 4.90 Å². The standard InChI is InChI=1S/C48H31NO2/c1-2-12-33(13-3-1)38-16-4-5-17-39(38)35-14-10-15-37(30-35)49(43-20-11-23-47-48(43)41-19-7-9-22-45(41)51-47)36-27-24-32(25-28-36)34-26-29-46-42(31-34)40-18-6-8-21-44(40)50-46/h1-31H. The zero-order valence-electron chi connectivity index (χ0n) is 27.7. The highest BCUT2D eigenvalue weighted by Gasteiger charge is 2.20. The van der Waals surface area contributed by atoms with E-state index in [0.717, 1.165) is 77.6 Å². The number of hydrogen-bond donors (Lipinski definition) is 0. The minimum Gasteiger partial charge on any atom is -0.456 e. The van der Waals surface area contributed by atoms with Crippen LogP contribution in [0.5, 0.6) is 0 Å². The summed E-state index contributed by atoms with van der Waals surface area (Å²) in [7, 11) is 0. The Morgan fingerprint density at radius 1 is 0.314 bits per heavy atom. The smallest absolute Gasteiger partial charge is 0.137 e. The minimum absolute atomic E-state index is 0.863. The van der Waals surface area contributed by atoms with E-state index in [9.17, 15) is 0 Å². The average Bonchev–Trinajstić information content (AvgIpc) is 3.77. The van der Waals surface area contributed by atoms with Crippen molar-refractivity contribution < 1.29 is 8.83 Å². The molecule has 0 saturated carbocycles. The molecule has 2 aromatic heterocycles. The highest BCUT2D eigenvalue weighted by Crippen LogP contribution is 2.44. The molecule has 0 bridgehead atoms. The van der Waals surface area contributed by atoms with Gasteiger partial charge in [0.25, 0.3) is 0 Å². The molecule has 2 heterocycles. The van der Waals surface area contributed by atoms with Gasteiger partial charge in [-0.15, -0.1) is 0 Å². The van der Waals surface area contributed by atoms with Crippen molar-refractivity contribution in [3.63, 3.8) is 0 Å². The summed E-state index contributed by atoms with van der Waals surface area (Å²) < 4.78 is 12.5. The summed E-state index contributed by atoms with van der Waals surface area (Å²) >= 11 is 0. The van der Waals surface area contributed by atoms with Gasteiger partial charge in [0.2, 0.25) is 0 Å². The first-order valence-electron chi connectivity index (χ1n) is 17.3. The number of rotatable bonds is 6. The molecular formula is C48H31NO2. The molecule has 3 heteroatoms. The van der Waals surface area contributed by atoms with Gasteiger partial charge in [-0.25, -0.2) is 0 Å². The predicted molar refractivity (Wildman–Crippen MR) is 212 cm³/mol. The van der Waals surface area contributed by atoms with E-state index in [1.54, 1.807) is 0 Å². The van der Waals surface area contributed by atoms with E-state index < -0.39 is 0 Å². The molecule has 3 nitrogen and oxygen atoms in total. The maximum atomic E-state index is 6.37. The maximum Gasteiger partial charge on any atom is 0.137 e. The molecule has 0 radical (unpaired) electrons. The van der Waals surface area contributed by atoms with E-state index in [1.165, 1.54) is 16.7 Å². The average molecular weight is 654 g/mol. The Morgan fingerprint density at radius 3 is 1.73 bits per heavy atom. The number of anilines is 3. The van der Waals surface area contributed by atoms with Gasteiger partial charge >= 0.3 is 0 Å². The van der Waals surface area contributed by atoms with Gasteiger partial charge in [-0.1, -0.05) is 127 Å². The minimum atomic E-state index is 0.863. The molecule has 0 aliphatic rings. The van der Waals surface area contributed by atoms with Crippen molar-refractivity contribution >= 4 is 60.9 Å². The van der Waals surface area contributed by atoms with Crippen LogP contribution in [-0.2, 0) is 0 Å². The van der Waals surface area contributed by atoms with Crippen molar-refractivity contribution in [2.45, 2.75) is 0 Å². The van der Waals surface area contributed by atoms with Gasteiger partial charge < -0.3 is 13.7 Å². The summed E-state index contributed by atoms with van der Waals surface area (Å²) in [6.07, 6.45) is 0. The highest BCUT2D eigenvalue weighted by molar-refractivity contribution is 6.13. The summed E-state index contributed by atoms with van der Waals surface area (Å²) in [6, 6.07) is 66.3. The van der Waals surface area contributed by atoms with E-state index in [-0.39, 0.29) is 0 Å². The van der Waals surface area contributed by atoms with Gasteiger partial charge in [-0.2, -0.15) is 0 Å². The summed E-state index contributed by atoms with van der Waals surface area (Å²) in [4.78, 5) is 2.36. The predicted octanol–water partition coefficient (Wildman–Crippen LogP) is 14.0. The fourth-order valence-corrected chi connectivity index (χ4v) is 7.49. The lowest BCUT2D eigenvalue weighted by Gasteiger charge is -2.27. The molecule has 0 aliphatic heterocycles. The molecule has 0 unspecified atom stereocenters. The molecule has 10 rings (SSSR count). The lowest BCUT2D eigenvalue weighted by atomic mass is 9.94.